The highest BCUT2D eigenvalue weighted by atomic mass is 32.2. The largest absolute Gasteiger partial charge is 0.333 e. The van der Waals surface area contributed by atoms with Crippen LogP contribution in [0.2, 0.25) is 0 Å². The maximum Gasteiger partial charge on any atom is 0.333 e. The monoisotopic (exact) mass is 268 g/mol. The molecule has 3 unspecified atom stereocenters. The highest BCUT2D eigenvalue weighted by molar-refractivity contribution is 7.87. The topological polar surface area (TPSA) is 71.1 Å². The van der Waals surface area contributed by atoms with Crippen molar-refractivity contribution in [3.05, 3.63) is 12.7 Å². The van der Waals surface area contributed by atoms with Gasteiger partial charge in [0.05, 0.1) is 19.3 Å². The highest BCUT2D eigenvalue weighted by Crippen LogP contribution is 2.46. The van der Waals surface area contributed by atoms with Crippen LogP contribution >= 0.6 is 8.60 Å². The summed E-state index contributed by atoms with van der Waals surface area (Å²) in [6, 6.07) is 0. The standard InChI is InChI=1S/C8H13O6PS/c1-2-7-3-4-11-15(13-7)14-8-5-12-16(9,10)6-8/h2,7-8H,1,3-6H2. The molecule has 2 saturated heterocycles. The summed E-state index contributed by atoms with van der Waals surface area (Å²) in [5, 5.41) is 0. The first kappa shape index (κ1) is 12.4. The number of rotatable bonds is 3. The minimum Gasteiger partial charge on any atom is -0.312 e. The Balaban J connectivity index is 1.83. The summed E-state index contributed by atoms with van der Waals surface area (Å²) in [5.41, 5.74) is 0. The molecule has 8 heteroatoms. The lowest BCUT2D eigenvalue weighted by molar-refractivity contribution is 0.0608. The molecule has 2 heterocycles. The van der Waals surface area contributed by atoms with Crippen molar-refractivity contribution < 1.29 is 26.2 Å². The van der Waals surface area contributed by atoms with Crippen LogP contribution in [0, 0.1) is 0 Å². The molecule has 6 nitrogen and oxygen atoms in total. The quantitative estimate of drug-likeness (QED) is 0.431. The van der Waals surface area contributed by atoms with E-state index in [1.54, 1.807) is 6.08 Å². The molecule has 0 aliphatic carbocycles. The minimum absolute atomic E-state index is 0.0344. The predicted molar refractivity (Wildman–Crippen MR) is 57.2 cm³/mol. The molecule has 0 bridgehead atoms. The fourth-order valence-corrected chi connectivity index (χ4v) is 3.73. The molecule has 2 fully saturated rings. The normalized spacial score (nSPS) is 38.4. The lowest BCUT2D eigenvalue weighted by Gasteiger charge is -2.27. The first-order valence-corrected chi connectivity index (χ1v) is 7.52. The molecule has 0 N–H and O–H groups in total. The van der Waals surface area contributed by atoms with Gasteiger partial charge >= 0.3 is 8.60 Å². The van der Waals surface area contributed by atoms with Crippen LogP contribution in [0.25, 0.3) is 0 Å². The molecule has 0 spiro atoms. The van der Waals surface area contributed by atoms with Gasteiger partial charge in [-0.15, -0.1) is 6.58 Å². The molecule has 0 aromatic carbocycles. The van der Waals surface area contributed by atoms with Crippen molar-refractivity contribution >= 4 is 18.7 Å². The lowest BCUT2D eigenvalue weighted by atomic mass is 10.3. The molecule has 0 aromatic heterocycles. The van der Waals surface area contributed by atoms with Gasteiger partial charge in [-0.2, -0.15) is 8.42 Å². The molecule has 0 aromatic rings. The van der Waals surface area contributed by atoms with E-state index in [9.17, 15) is 8.42 Å². The fourth-order valence-electron chi connectivity index (χ4n) is 1.34. The summed E-state index contributed by atoms with van der Waals surface area (Å²) in [6.07, 6.45) is 1.84. The van der Waals surface area contributed by atoms with E-state index in [-0.39, 0.29) is 18.5 Å². The third-order valence-corrected chi connectivity index (χ3v) is 4.72. The maximum atomic E-state index is 11.0. The van der Waals surface area contributed by atoms with Crippen LogP contribution in [0.1, 0.15) is 6.42 Å². The second-order valence-corrected chi connectivity index (χ2v) is 6.27. The lowest BCUT2D eigenvalue weighted by Crippen LogP contribution is -2.21. The highest BCUT2D eigenvalue weighted by Gasteiger charge is 2.34. The average molecular weight is 268 g/mol. The van der Waals surface area contributed by atoms with Gasteiger partial charge in [0.25, 0.3) is 10.1 Å². The molecule has 2 aliphatic rings. The predicted octanol–water partition coefficient (Wildman–Crippen LogP) is 0.950. The zero-order valence-corrected chi connectivity index (χ0v) is 10.3. The van der Waals surface area contributed by atoms with Crippen LogP contribution in [-0.2, 0) is 27.9 Å². The van der Waals surface area contributed by atoms with Gasteiger partial charge in [-0.05, 0) is 0 Å². The molecule has 3 atom stereocenters. The Kier molecular flexibility index (Phi) is 3.94. The zero-order chi connectivity index (χ0) is 11.6. The Morgan fingerprint density at radius 3 is 2.94 bits per heavy atom. The second-order valence-electron chi connectivity index (χ2n) is 3.46. The van der Waals surface area contributed by atoms with Gasteiger partial charge in [-0.25, -0.2) is 0 Å². The van der Waals surface area contributed by atoms with E-state index < -0.39 is 24.8 Å². The summed E-state index contributed by atoms with van der Waals surface area (Å²) in [4.78, 5) is 0. The third kappa shape index (κ3) is 3.23. The van der Waals surface area contributed by atoms with Crippen LogP contribution in [0.15, 0.2) is 12.7 Å². The number of hydrogen-bond donors (Lipinski definition) is 0. The molecular formula is C8H13O6PS. The van der Waals surface area contributed by atoms with Crippen molar-refractivity contribution in [1.82, 2.24) is 0 Å². The van der Waals surface area contributed by atoms with Crippen LogP contribution in [0.3, 0.4) is 0 Å². The summed E-state index contributed by atoms with van der Waals surface area (Å²) in [6.45, 7) is 4.19. The third-order valence-electron chi connectivity index (χ3n) is 2.14. The van der Waals surface area contributed by atoms with E-state index in [4.69, 9.17) is 13.6 Å². The van der Waals surface area contributed by atoms with E-state index in [1.165, 1.54) is 0 Å². The minimum atomic E-state index is -3.41. The molecule has 0 amide bonds. The van der Waals surface area contributed by atoms with Gasteiger partial charge < -0.3 is 13.6 Å². The Hall–Kier alpha value is -0.0400. The summed E-state index contributed by atoms with van der Waals surface area (Å²) in [5.74, 6) is -0.142. The van der Waals surface area contributed by atoms with E-state index in [0.717, 1.165) is 6.42 Å². The molecular weight excluding hydrogens is 255 g/mol. The van der Waals surface area contributed by atoms with Gasteiger partial charge in [0.1, 0.15) is 11.9 Å². The van der Waals surface area contributed by atoms with Crippen LogP contribution in [0.5, 0.6) is 0 Å². The first-order valence-electron chi connectivity index (χ1n) is 4.85. The van der Waals surface area contributed by atoms with Gasteiger partial charge in [-0.1, -0.05) is 6.08 Å². The molecule has 0 saturated carbocycles. The van der Waals surface area contributed by atoms with Crippen molar-refractivity contribution in [2.45, 2.75) is 18.6 Å². The summed E-state index contributed by atoms with van der Waals surface area (Å²) >= 11 is 0. The molecule has 0 radical (unpaired) electrons. The molecule has 92 valence electrons. The van der Waals surface area contributed by atoms with Crippen molar-refractivity contribution in [2.75, 3.05) is 19.0 Å². The SMILES string of the molecule is C=CC1CCOP(OC2COS(=O)(=O)C2)O1. The Morgan fingerprint density at radius 2 is 2.31 bits per heavy atom. The average Bonchev–Trinajstić information content (AvgIpc) is 2.58. The molecule has 2 aliphatic heterocycles. The zero-order valence-electron chi connectivity index (χ0n) is 8.57. The van der Waals surface area contributed by atoms with Gasteiger partial charge in [0.15, 0.2) is 0 Å². The Morgan fingerprint density at radius 1 is 1.50 bits per heavy atom. The Bertz CT molecular complexity index is 356. The fraction of sp³-hybridized carbons (Fsp3) is 0.750. The van der Waals surface area contributed by atoms with Crippen molar-refractivity contribution in [2.24, 2.45) is 0 Å². The van der Waals surface area contributed by atoms with E-state index >= 15 is 0 Å². The Labute approximate surface area is 95.6 Å². The van der Waals surface area contributed by atoms with Crippen LogP contribution in [0.4, 0.5) is 0 Å². The van der Waals surface area contributed by atoms with Crippen molar-refractivity contribution in [3.8, 4) is 0 Å². The van der Waals surface area contributed by atoms with E-state index in [0.29, 0.717) is 6.61 Å². The number of hydrogen-bond acceptors (Lipinski definition) is 6. The summed E-state index contributed by atoms with van der Waals surface area (Å²) in [7, 11) is -4.90. The van der Waals surface area contributed by atoms with Gasteiger partial charge in [-0.3, -0.25) is 4.18 Å². The smallest absolute Gasteiger partial charge is 0.312 e. The molecule has 16 heavy (non-hydrogen) atoms. The van der Waals surface area contributed by atoms with Crippen molar-refractivity contribution in [3.63, 3.8) is 0 Å². The summed E-state index contributed by atoms with van der Waals surface area (Å²) < 4.78 is 42.7. The second kappa shape index (κ2) is 5.08. The van der Waals surface area contributed by atoms with E-state index in [1.807, 2.05) is 0 Å². The first-order chi connectivity index (χ1) is 7.59. The van der Waals surface area contributed by atoms with Crippen LogP contribution < -0.4 is 0 Å². The molecule has 2 rings (SSSR count). The van der Waals surface area contributed by atoms with Crippen molar-refractivity contribution in [1.29, 1.82) is 0 Å². The van der Waals surface area contributed by atoms with Gasteiger partial charge in [0, 0.05) is 6.42 Å². The maximum absolute atomic E-state index is 11.0. The van der Waals surface area contributed by atoms with Gasteiger partial charge in [0.2, 0.25) is 0 Å². The van der Waals surface area contributed by atoms with E-state index in [2.05, 4.69) is 10.8 Å². The van der Waals surface area contributed by atoms with Crippen LogP contribution in [-0.4, -0.2) is 39.6 Å².